The summed E-state index contributed by atoms with van der Waals surface area (Å²) >= 11 is 0. The maximum absolute atomic E-state index is 13.2. The normalized spacial score (nSPS) is 11.3. The Morgan fingerprint density at radius 3 is 2.46 bits per heavy atom. The highest BCUT2D eigenvalue weighted by molar-refractivity contribution is 6.12. The minimum absolute atomic E-state index is 0.0174. The number of carbonyl (C=O) groups excluding carboxylic acids is 1. The van der Waals surface area contributed by atoms with E-state index in [1.165, 1.54) is 7.11 Å². The lowest BCUT2D eigenvalue weighted by molar-refractivity contribution is 0.102. The lowest BCUT2D eigenvalue weighted by Gasteiger charge is -2.12. The number of fused-ring (bicyclic) bond motifs is 2. The van der Waals surface area contributed by atoms with Gasteiger partial charge in [-0.2, -0.15) is 0 Å². The van der Waals surface area contributed by atoms with Gasteiger partial charge in [0.2, 0.25) is 0 Å². The molecular formula is C27H23N5O5. The molecule has 4 aromatic carbocycles. The number of aromatic hydroxyl groups is 1. The number of nitrogens with one attached hydrogen (secondary N) is 3. The van der Waals surface area contributed by atoms with Gasteiger partial charge in [-0.15, -0.1) is 10.2 Å². The van der Waals surface area contributed by atoms with Crippen LogP contribution >= 0.6 is 0 Å². The highest BCUT2D eigenvalue weighted by atomic mass is 16.5. The van der Waals surface area contributed by atoms with Crippen LogP contribution in [0.1, 0.15) is 15.9 Å². The van der Waals surface area contributed by atoms with Crippen molar-refractivity contribution in [2.45, 2.75) is 6.92 Å². The molecule has 0 saturated carbocycles. The molecule has 5 rings (SSSR count). The molecule has 4 N–H and O–H groups in total. The molecule has 1 heterocycles. The van der Waals surface area contributed by atoms with Gasteiger partial charge >= 0.3 is 5.69 Å². The highest BCUT2D eigenvalue weighted by Crippen LogP contribution is 2.41. The number of amides is 1. The van der Waals surface area contributed by atoms with E-state index in [0.29, 0.717) is 44.7 Å². The third-order valence-corrected chi connectivity index (χ3v) is 5.97. The summed E-state index contributed by atoms with van der Waals surface area (Å²) < 4.78 is 10.8. The number of nitrogens with zero attached hydrogens (tertiary/aromatic N) is 2. The topological polar surface area (TPSA) is 141 Å². The molecule has 5 aromatic rings. The Balaban J connectivity index is 1.56. The Morgan fingerprint density at radius 2 is 1.68 bits per heavy atom. The number of imidazole rings is 1. The Hall–Kier alpha value is -5.12. The third-order valence-electron chi connectivity index (χ3n) is 5.97. The van der Waals surface area contributed by atoms with E-state index < -0.39 is 5.91 Å². The third kappa shape index (κ3) is 4.47. The number of methoxy groups -OCH3 is 2. The van der Waals surface area contributed by atoms with Gasteiger partial charge in [-0.3, -0.25) is 4.79 Å². The molecule has 0 fully saturated rings. The Morgan fingerprint density at radius 1 is 0.919 bits per heavy atom. The van der Waals surface area contributed by atoms with E-state index in [2.05, 4.69) is 25.5 Å². The van der Waals surface area contributed by atoms with Crippen LogP contribution in [0.3, 0.4) is 0 Å². The number of hydrogen-bond donors (Lipinski definition) is 4. The lowest BCUT2D eigenvalue weighted by atomic mass is 10.0. The molecule has 10 heteroatoms. The average molecular weight is 498 g/mol. The second-order valence-corrected chi connectivity index (χ2v) is 8.33. The van der Waals surface area contributed by atoms with Crippen LogP contribution in [-0.4, -0.2) is 35.2 Å². The van der Waals surface area contributed by atoms with Crippen LogP contribution < -0.4 is 20.5 Å². The molecule has 0 unspecified atom stereocenters. The molecule has 0 spiro atoms. The summed E-state index contributed by atoms with van der Waals surface area (Å²) in [6.45, 7) is 1.88. The molecule has 1 aromatic heterocycles. The van der Waals surface area contributed by atoms with Gasteiger partial charge < -0.3 is 29.9 Å². The van der Waals surface area contributed by atoms with Gasteiger partial charge in [0.15, 0.2) is 5.75 Å². The molecule has 0 aliphatic rings. The summed E-state index contributed by atoms with van der Waals surface area (Å²) in [6, 6.07) is 17.2. The van der Waals surface area contributed by atoms with Crippen LogP contribution in [0.4, 0.5) is 17.1 Å². The van der Waals surface area contributed by atoms with Crippen molar-refractivity contribution < 1.29 is 19.4 Å². The quantitative estimate of drug-likeness (QED) is 0.222. The van der Waals surface area contributed by atoms with Gasteiger partial charge in [0.1, 0.15) is 22.9 Å². The molecule has 10 nitrogen and oxygen atoms in total. The van der Waals surface area contributed by atoms with E-state index in [4.69, 9.17) is 9.47 Å². The number of azo groups is 1. The summed E-state index contributed by atoms with van der Waals surface area (Å²) in [5.74, 6) is 0.219. The number of phenols is 1. The predicted octanol–water partition coefficient (Wildman–Crippen LogP) is 5.71. The summed E-state index contributed by atoms with van der Waals surface area (Å²) in [4.78, 5) is 30.1. The van der Waals surface area contributed by atoms with E-state index >= 15 is 0 Å². The van der Waals surface area contributed by atoms with Crippen molar-refractivity contribution in [3.63, 3.8) is 0 Å². The minimum atomic E-state index is -0.550. The van der Waals surface area contributed by atoms with E-state index in [0.717, 1.165) is 5.56 Å². The first-order valence-corrected chi connectivity index (χ1v) is 11.3. The average Bonchev–Trinajstić information content (AvgIpc) is 3.27. The fourth-order valence-corrected chi connectivity index (χ4v) is 4.12. The number of anilines is 1. The van der Waals surface area contributed by atoms with Gasteiger partial charge in [0.25, 0.3) is 5.91 Å². The Labute approximate surface area is 210 Å². The molecule has 0 atom stereocenters. The molecule has 0 saturated heterocycles. The largest absolute Gasteiger partial charge is 0.505 e. The maximum Gasteiger partial charge on any atom is 0.323 e. The highest BCUT2D eigenvalue weighted by Gasteiger charge is 2.19. The first-order chi connectivity index (χ1) is 17.9. The zero-order chi connectivity index (χ0) is 26.1. The summed E-state index contributed by atoms with van der Waals surface area (Å²) in [5.41, 5.74) is 2.68. The van der Waals surface area contributed by atoms with Crippen molar-refractivity contribution >= 4 is 44.8 Å². The predicted molar refractivity (Wildman–Crippen MR) is 141 cm³/mol. The van der Waals surface area contributed by atoms with Crippen LogP contribution in [-0.2, 0) is 0 Å². The second kappa shape index (κ2) is 9.50. The zero-order valence-corrected chi connectivity index (χ0v) is 20.2. The molecule has 186 valence electrons. The number of phenolic OH excluding ortho intramolecular Hbond substituents is 1. The van der Waals surface area contributed by atoms with Crippen LogP contribution in [0.25, 0.3) is 21.8 Å². The zero-order valence-electron chi connectivity index (χ0n) is 20.2. The van der Waals surface area contributed by atoms with Gasteiger partial charge in [0, 0.05) is 17.1 Å². The number of rotatable bonds is 6. The number of benzene rings is 4. The van der Waals surface area contributed by atoms with Crippen LogP contribution in [0, 0.1) is 6.92 Å². The Bertz CT molecular complexity index is 1750. The van der Waals surface area contributed by atoms with Crippen molar-refractivity contribution in [2.75, 3.05) is 19.5 Å². The molecule has 0 aliphatic carbocycles. The Kier molecular flexibility index (Phi) is 6.06. The van der Waals surface area contributed by atoms with Crippen LogP contribution in [0.5, 0.6) is 17.2 Å². The van der Waals surface area contributed by atoms with Gasteiger partial charge in [-0.1, -0.05) is 24.3 Å². The minimum Gasteiger partial charge on any atom is -0.505 e. The lowest BCUT2D eigenvalue weighted by Crippen LogP contribution is -2.12. The molecule has 37 heavy (non-hydrogen) atoms. The van der Waals surface area contributed by atoms with Crippen molar-refractivity contribution in [2.24, 2.45) is 10.2 Å². The molecule has 0 radical (unpaired) electrons. The second-order valence-electron chi connectivity index (χ2n) is 8.33. The van der Waals surface area contributed by atoms with Crippen LogP contribution in [0.2, 0.25) is 0 Å². The first kappa shape index (κ1) is 23.6. The molecule has 1 amide bonds. The number of aromatic amines is 2. The fraction of sp³-hybridized carbons (Fsp3) is 0.111. The van der Waals surface area contributed by atoms with Crippen molar-refractivity contribution in [3.05, 3.63) is 82.3 Å². The van der Waals surface area contributed by atoms with Crippen LogP contribution in [0.15, 0.2) is 75.7 Å². The van der Waals surface area contributed by atoms with Crippen molar-refractivity contribution in [3.8, 4) is 17.2 Å². The van der Waals surface area contributed by atoms with Gasteiger partial charge in [0.05, 0.1) is 30.8 Å². The van der Waals surface area contributed by atoms with E-state index in [-0.39, 0.29) is 22.7 Å². The van der Waals surface area contributed by atoms with E-state index in [1.54, 1.807) is 49.6 Å². The monoisotopic (exact) mass is 497 g/mol. The number of carbonyl (C=O) groups is 1. The number of hydrogen-bond acceptors (Lipinski definition) is 7. The molecule has 0 aliphatic heterocycles. The van der Waals surface area contributed by atoms with E-state index in [1.807, 2.05) is 25.1 Å². The summed E-state index contributed by atoms with van der Waals surface area (Å²) in [5, 5.41) is 23.9. The first-order valence-electron chi connectivity index (χ1n) is 11.3. The van der Waals surface area contributed by atoms with Gasteiger partial charge in [-0.25, -0.2) is 4.79 Å². The summed E-state index contributed by atoms with van der Waals surface area (Å²) in [6.07, 6.45) is 0. The SMILES string of the molecule is COc1cc(/N=N/c2c(O)c(C(=O)Nc3ccc4[nH]c(=O)[nH]c4c3)cc3ccccc23)c(OC)cc1C. The van der Waals surface area contributed by atoms with Crippen molar-refractivity contribution in [1.82, 2.24) is 9.97 Å². The number of ether oxygens (including phenoxy) is 2. The smallest absolute Gasteiger partial charge is 0.323 e. The number of H-pyrrole nitrogens is 2. The number of aromatic nitrogens is 2. The van der Waals surface area contributed by atoms with Crippen molar-refractivity contribution in [1.29, 1.82) is 0 Å². The molecular weight excluding hydrogens is 474 g/mol. The maximum atomic E-state index is 13.2. The summed E-state index contributed by atoms with van der Waals surface area (Å²) in [7, 11) is 3.08. The fourth-order valence-electron chi connectivity index (χ4n) is 4.12. The molecule has 0 bridgehead atoms. The van der Waals surface area contributed by atoms with E-state index in [9.17, 15) is 14.7 Å². The van der Waals surface area contributed by atoms with Gasteiger partial charge in [-0.05, 0) is 48.2 Å². The number of aryl methyl sites for hydroxylation is 1. The standard InChI is InChI=1S/C27H23N5O5/c1-14-10-23(37-3)21(13-22(14)36-2)31-32-24-17-7-5-4-6-15(17)11-18(25(24)33)26(34)28-16-8-9-19-20(12-16)30-27(35)29-19/h4-13,33H,1-3H3,(H,28,34)(H2,29,30,35)/b32-31+.